The van der Waals surface area contributed by atoms with Crippen molar-refractivity contribution in [1.82, 2.24) is 0 Å². The van der Waals surface area contributed by atoms with Crippen LogP contribution in [0.1, 0.15) is 77.0 Å². The Labute approximate surface area is 145 Å². The molecule has 0 atom stereocenters. The van der Waals surface area contributed by atoms with E-state index in [1.807, 2.05) is 0 Å². The van der Waals surface area contributed by atoms with E-state index in [0.29, 0.717) is 5.41 Å². The lowest BCUT2D eigenvalue weighted by Gasteiger charge is -2.57. The molecule has 0 aromatic rings. The second-order valence-electron chi connectivity index (χ2n) is 9.45. The standard InChI is InChI=1S/C19H29BS2/c21-18(22-20-16-3-1-4-17(20)6-2-5-16)19-10-13-7-14(11-19)9-15(8-13)12-19/h13-17H,1-12H2. The van der Waals surface area contributed by atoms with Crippen LogP contribution in [0.15, 0.2) is 0 Å². The van der Waals surface area contributed by atoms with Gasteiger partial charge in [0.1, 0.15) is 0 Å². The van der Waals surface area contributed by atoms with Gasteiger partial charge in [-0.3, -0.25) is 0 Å². The van der Waals surface area contributed by atoms with E-state index in [1.54, 1.807) is 19.3 Å². The lowest BCUT2D eigenvalue weighted by atomic mass is 9.42. The maximum absolute atomic E-state index is 6.17. The van der Waals surface area contributed by atoms with Gasteiger partial charge >= 0.3 is 0 Å². The van der Waals surface area contributed by atoms with Crippen molar-refractivity contribution < 1.29 is 0 Å². The number of hydrogen-bond donors (Lipinski definition) is 0. The predicted octanol–water partition coefficient (Wildman–Crippen LogP) is 6.36. The van der Waals surface area contributed by atoms with E-state index >= 15 is 0 Å². The smallest absolute Gasteiger partial charge is 0.168 e. The van der Waals surface area contributed by atoms with E-state index in [0.717, 1.165) is 35.4 Å². The van der Waals surface area contributed by atoms with Gasteiger partial charge in [0.25, 0.3) is 0 Å². The molecule has 0 radical (unpaired) electrons. The Hall–Kier alpha value is 0.505. The average Bonchev–Trinajstić information content (AvgIpc) is 2.45. The zero-order valence-electron chi connectivity index (χ0n) is 13.8. The molecule has 4 saturated carbocycles. The minimum atomic E-state index is 0.500. The molecule has 0 N–H and O–H groups in total. The molecule has 6 fully saturated rings. The third-order valence-corrected chi connectivity index (χ3v) is 10.4. The summed E-state index contributed by atoms with van der Waals surface area (Å²) in [5.41, 5.74) is 0.500. The predicted molar refractivity (Wildman–Crippen MR) is 102 cm³/mol. The van der Waals surface area contributed by atoms with Gasteiger partial charge in [-0.15, -0.1) is 0 Å². The second-order valence-corrected chi connectivity index (χ2v) is 11.3. The SMILES string of the molecule is S=C(SB1C2CCCC1CCC2)C12CC3CC(CC(C3)C1)C2. The van der Waals surface area contributed by atoms with Crippen molar-refractivity contribution >= 4 is 34.0 Å². The maximum Gasteiger partial charge on any atom is 0.222 e. The van der Waals surface area contributed by atoms with Crippen LogP contribution in [0, 0.1) is 23.2 Å². The van der Waals surface area contributed by atoms with Crippen LogP contribution in [-0.4, -0.2) is 10.2 Å². The minimum Gasteiger partial charge on any atom is -0.168 e. The van der Waals surface area contributed by atoms with Gasteiger partial charge in [-0.25, -0.2) is 0 Å². The van der Waals surface area contributed by atoms with Crippen molar-refractivity contribution in [2.24, 2.45) is 23.2 Å². The zero-order chi connectivity index (χ0) is 14.7. The number of thiocarbonyl (C=S) groups is 1. The van der Waals surface area contributed by atoms with E-state index in [2.05, 4.69) is 11.6 Å². The van der Waals surface area contributed by atoms with Gasteiger partial charge in [-0.2, -0.15) is 11.6 Å². The van der Waals surface area contributed by atoms with Crippen LogP contribution in [0.5, 0.6) is 0 Å². The van der Waals surface area contributed by atoms with Crippen LogP contribution in [0.4, 0.5) is 0 Å². The van der Waals surface area contributed by atoms with Crippen molar-refractivity contribution in [2.45, 2.75) is 88.7 Å². The molecule has 6 rings (SSSR count). The number of hydrogen-bond acceptors (Lipinski definition) is 2. The lowest BCUT2D eigenvalue weighted by molar-refractivity contribution is -0.00936. The molecule has 0 aromatic carbocycles. The average molecular weight is 332 g/mol. The molecule has 6 bridgehead atoms. The highest BCUT2D eigenvalue weighted by molar-refractivity contribution is 8.41. The molecule has 3 heteroatoms. The van der Waals surface area contributed by atoms with Crippen LogP contribution in [0.25, 0.3) is 0 Å². The summed E-state index contributed by atoms with van der Waals surface area (Å²) in [6.07, 6.45) is 18.0. The Morgan fingerprint density at radius 2 is 1.27 bits per heavy atom. The van der Waals surface area contributed by atoms with Gasteiger partial charge < -0.3 is 0 Å². The summed E-state index contributed by atoms with van der Waals surface area (Å²) < 4.78 is 1.48. The molecular formula is C19H29BS2. The highest BCUT2D eigenvalue weighted by atomic mass is 32.2. The number of rotatable bonds is 2. The van der Waals surface area contributed by atoms with Crippen molar-refractivity contribution in [3.05, 3.63) is 0 Å². The molecule has 120 valence electrons. The Morgan fingerprint density at radius 3 is 1.73 bits per heavy atom. The van der Waals surface area contributed by atoms with Crippen molar-refractivity contribution in [3.8, 4) is 0 Å². The Kier molecular flexibility index (Phi) is 3.71. The van der Waals surface area contributed by atoms with Gasteiger partial charge in [0.15, 0.2) is 0 Å². The van der Waals surface area contributed by atoms with E-state index in [9.17, 15) is 0 Å². The molecule has 4 aliphatic carbocycles. The first kappa shape index (κ1) is 14.8. The van der Waals surface area contributed by atoms with E-state index in [4.69, 9.17) is 12.2 Å². The van der Waals surface area contributed by atoms with E-state index < -0.39 is 0 Å². The molecule has 0 nitrogen and oxygen atoms in total. The Morgan fingerprint density at radius 1 is 0.818 bits per heavy atom. The molecule has 2 saturated heterocycles. The zero-order valence-corrected chi connectivity index (χ0v) is 15.4. The molecule has 2 aliphatic heterocycles. The maximum atomic E-state index is 6.17. The Balaban J connectivity index is 1.34. The van der Waals surface area contributed by atoms with Crippen LogP contribution in [0.2, 0.25) is 11.6 Å². The fourth-order valence-electron chi connectivity index (χ4n) is 7.42. The molecule has 0 unspecified atom stereocenters. The van der Waals surface area contributed by atoms with Crippen LogP contribution >= 0.6 is 23.8 Å². The third-order valence-electron chi connectivity index (χ3n) is 7.94. The van der Waals surface area contributed by atoms with Crippen molar-refractivity contribution in [1.29, 1.82) is 0 Å². The van der Waals surface area contributed by atoms with Gasteiger partial charge in [-0.1, -0.05) is 62.4 Å². The summed E-state index contributed by atoms with van der Waals surface area (Å²) in [6.45, 7) is 0. The van der Waals surface area contributed by atoms with Crippen LogP contribution in [0.3, 0.4) is 0 Å². The van der Waals surface area contributed by atoms with Crippen molar-refractivity contribution in [2.75, 3.05) is 0 Å². The molecule has 2 heterocycles. The largest absolute Gasteiger partial charge is 0.222 e. The summed E-state index contributed by atoms with van der Waals surface area (Å²) in [5, 5.41) is 0. The topological polar surface area (TPSA) is 0 Å². The van der Waals surface area contributed by atoms with Crippen molar-refractivity contribution in [3.63, 3.8) is 0 Å². The summed E-state index contributed by atoms with van der Waals surface area (Å²) in [4.78, 5) is 0. The second kappa shape index (κ2) is 5.51. The highest BCUT2D eigenvalue weighted by Gasteiger charge is 2.54. The van der Waals surface area contributed by atoms with Crippen LogP contribution < -0.4 is 0 Å². The summed E-state index contributed by atoms with van der Waals surface area (Å²) in [5.74, 6) is 6.03. The molecule has 22 heavy (non-hydrogen) atoms. The Bertz CT molecular complexity index is 417. The summed E-state index contributed by atoms with van der Waals surface area (Å²) in [7, 11) is 0. The van der Waals surface area contributed by atoms with Crippen LogP contribution in [-0.2, 0) is 0 Å². The first-order valence-corrected chi connectivity index (χ1v) is 11.2. The van der Waals surface area contributed by atoms with E-state index in [1.165, 1.54) is 62.0 Å². The van der Waals surface area contributed by atoms with Gasteiger partial charge in [0.05, 0.1) is 0 Å². The number of fused-ring (bicyclic) bond motifs is 2. The lowest BCUT2D eigenvalue weighted by Crippen LogP contribution is -2.49. The summed E-state index contributed by atoms with van der Waals surface area (Å²) in [6, 6.07) is 0. The molecule has 0 aromatic heterocycles. The third kappa shape index (κ3) is 2.36. The molecule has 0 amide bonds. The molecular weight excluding hydrogens is 303 g/mol. The van der Waals surface area contributed by atoms with E-state index in [-0.39, 0.29) is 0 Å². The highest BCUT2D eigenvalue weighted by Crippen LogP contribution is 2.63. The van der Waals surface area contributed by atoms with Gasteiger partial charge in [-0.05, 0) is 56.3 Å². The fourth-order valence-corrected chi connectivity index (χ4v) is 9.68. The molecule has 0 spiro atoms. The first-order chi connectivity index (χ1) is 10.7. The first-order valence-electron chi connectivity index (χ1n) is 9.93. The molecule has 6 aliphatic rings. The monoisotopic (exact) mass is 332 g/mol. The normalized spacial score (nSPS) is 49.5. The fraction of sp³-hybridized carbons (Fsp3) is 0.947. The van der Waals surface area contributed by atoms with Gasteiger partial charge in [0, 0.05) is 9.61 Å². The minimum absolute atomic E-state index is 0.500. The quantitative estimate of drug-likeness (QED) is 0.426. The summed E-state index contributed by atoms with van der Waals surface area (Å²) >= 11 is 8.40. The van der Waals surface area contributed by atoms with Gasteiger partial charge in [0.2, 0.25) is 5.99 Å².